The van der Waals surface area contributed by atoms with Crippen LogP contribution in [0.5, 0.6) is 0 Å². The number of esters is 1. The molecule has 2 N–H and O–H groups in total. The van der Waals surface area contributed by atoms with Crippen molar-refractivity contribution in [3.8, 4) is 0 Å². The van der Waals surface area contributed by atoms with E-state index >= 15 is 0 Å². The van der Waals surface area contributed by atoms with Crippen LogP contribution in [0.25, 0.3) is 10.8 Å². The maximum absolute atomic E-state index is 12.3. The first-order valence-corrected chi connectivity index (χ1v) is 10.2. The Balaban J connectivity index is 1.42. The molecule has 0 aliphatic heterocycles. The fourth-order valence-electron chi connectivity index (χ4n) is 3.18. The van der Waals surface area contributed by atoms with Crippen LogP contribution in [0.1, 0.15) is 23.6 Å². The Kier molecular flexibility index (Phi) is 7.38. The van der Waals surface area contributed by atoms with E-state index in [0.29, 0.717) is 6.54 Å². The van der Waals surface area contributed by atoms with Crippen molar-refractivity contribution in [1.82, 2.24) is 10.6 Å². The van der Waals surface area contributed by atoms with Crippen molar-refractivity contribution in [2.24, 2.45) is 0 Å². The van der Waals surface area contributed by atoms with Crippen LogP contribution in [0, 0.1) is 6.92 Å². The summed E-state index contributed by atoms with van der Waals surface area (Å²) in [6.07, 6.45) is -0.797. The number of carbonyl (C=O) groups excluding carboxylic acids is 3. The minimum absolute atomic E-state index is 0.154. The van der Waals surface area contributed by atoms with Crippen LogP contribution >= 0.6 is 0 Å². The van der Waals surface area contributed by atoms with Crippen LogP contribution in [0.4, 0.5) is 0 Å². The number of benzene rings is 3. The minimum Gasteiger partial charge on any atom is -0.451 e. The molecule has 0 radical (unpaired) electrons. The Hall–Kier alpha value is -3.67. The molecule has 0 bridgehead atoms. The largest absolute Gasteiger partial charge is 0.451 e. The summed E-state index contributed by atoms with van der Waals surface area (Å²) in [7, 11) is 0. The third kappa shape index (κ3) is 6.40. The number of fused-ring (bicyclic) bond motifs is 1. The summed E-state index contributed by atoms with van der Waals surface area (Å²) in [4.78, 5) is 36.4. The molecule has 3 aromatic carbocycles. The van der Waals surface area contributed by atoms with E-state index in [1.54, 1.807) is 0 Å². The van der Waals surface area contributed by atoms with E-state index in [1.165, 1.54) is 6.92 Å². The zero-order chi connectivity index (χ0) is 22.2. The Morgan fingerprint density at radius 2 is 1.61 bits per heavy atom. The highest BCUT2D eigenvalue weighted by atomic mass is 16.5. The van der Waals surface area contributed by atoms with Gasteiger partial charge in [-0.2, -0.15) is 0 Å². The lowest BCUT2D eigenvalue weighted by atomic mass is 10.0. The molecule has 2 amide bonds. The molecule has 0 aromatic heterocycles. The van der Waals surface area contributed by atoms with Gasteiger partial charge in [0, 0.05) is 6.54 Å². The van der Waals surface area contributed by atoms with Crippen molar-refractivity contribution in [3.05, 3.63) is 83.4 Å². The predicted molar refractivity (Wildman–Crippen MR) is 119 cm³/mol. The topological polar surface area (TPSA) is 84.5 Å². The maximum Gasteiger partial charge on any atom is 0.326 e. The molecule has 6 nitrogen and oxygen atoms in total. The number of hydrogen-bond acceptors (Lipinski definition) is 4. The molecule has 160 valence electrons. The highest BCUT2D eigenvalue weighted by molar-refractivity contribution is 5.91. The summed E-state index contributed by atoms with van der Waals surface area (Å²) in [5, 5.41) is 7.35. The number of hydrogen-bond donors (Lipinski definition) is 2. The molecular formula is C25H26N2O4. The summed E-state index contributed by atoms with van der Waals surface area (Å²) >= 11 is 0. The number of nitrogens with one attached hydrogen (secondary N) is 2. The monoisotopic (exact) mass is 418 g/mol. The van der Waals surface area contributed by atoms with Gasteiger partial charge in [-0.05, 0) is 35.7 Å². The number of rotatable bonds is 8. The predicted octanol–water partition coefficient (Wildman–Crippen LogP) is 3.06. The Bertz CT molecular complexity index is 1070. The molecule has 31 heavy (non-hydrogen) atoms. The van der Waals surface area contributed by atoms with Gasteiger partial charge in [0.2, 0.25) is 5.91 Å². The van der Waals surface area contributed by atoms with E-state index in [1.807, 2.05) is 73.7 Å². The summed E-state index contributed by atoms with van der Waals surface area (Å²) in [6.45, 7) is 3.55. The van der Waals surface area contributed by atoms with E-state index in [0.717, 1.165) is 27.5 Å². The van der Waals surface area contributed by atoms with Crippen LogP contribution in [-0.2, 0) is 32.1 Å². The van der Waals surface area contributed by atoms with Crippen LogP contribution in [0.15, 0.2) is 66.7 Å². The van der Waals surface area contributed by atoms with Gasteiger partial charge in [-0.1, -0.05) is 72.3 Å². The molecule has 3 rings (SSSR count). The molecule has 1 atom stereocenters. The van der Waals surface area contributed by atoms with E-state index in [2.05, 4.69) is 10.6 Å². The second-order valence-corrected chi connectivity index (χ2v) is 7.43. The lowest BCUT2D eigenvalue weighted by Crippen LogP contribution is -2.38. The van der Waals surface area contributed by atoms with Crippen LogP contribution < -0.4 is 10.6 Å². The second kappa shape index (κ2) is 10.4. The van der Waals surface area contributed by atoms with Gasteiger partial charge < -0.3 is 15.4 Å². The minimum atomic E-state index is -0.951. The first-order chi connectivity index (χ1) is 14.9. The lowest BCUT2D eigenvalue weighted by molar-refractivity contribution is -0.154. The van der Waals surface area contributed by atoms with Gasteiger partial charge in [-0.3, -0.25) is 14.4 Å². The number of amides is 2. The lowest BCUT2D eigenvalue weighted by Gasteiger charge is -2.14. The average molecular weight is 418 g/mol. The molecule has 0 aliphatic rings. The van der Waals surface area contributed by atoms with E-state index in [9.17, 15) is 14.4 Å². The molecule has 0 heterocycles. The molecule has 0 saturated carbocycles. The highest BCUT2D eigenvalue weighted by Gasteiger charge is 2.18. The summed E-state index contributed by atoms with van der Waals surface area (Å²) < 4.78 is 5.12. The summed E-state index contributed by atoms with van der Waals surface area (Å²) in [6, 6.07) is 21.4. The van der Waals surface area contributed by atoms with E-state index < -0.39 is 18.0 Å². The third-order valence-electron chi connectivity index (χ3n) is 4.93. The fraction of sp³-hybridized carbons (Fsp3) is 0.240. The quantitative estimate of drug-likeness (QED) is 0.551. The third-order valence-corrected chi connectivity index (χ3v) is 4.93. The van der Waals surface area contributed by atoms with E-state index in [-0.39, 0.29) is 18.9 Å². The van der Waals surface area contributed by atoms with Crippen molar-refractivity contribution in [2.75, 3.05) is 6.54 Å². The molecule has 0 aliphatic carbocycles. The zero-order valence-corrected chi connectivity index (χ0v) is 17.7. The first kappa shape index (κ1) is 22.0. The molecule has 0 saturated heterocycles. The zero-order valence-electron chi connectivity index (χ0n) is 17.7. The summed E-state index contributed by atoms with van der Waals surface area (Å²) in [5.41, 5.74) is 2.98. The van der Waals surface area contributed by atoms with Crippen molar-refractivity contribution < 1.29 is 19.1 Å². The highest BCUT2D eigenvalue weighted by Crippen LogP contribution is 2.18. The SMILES string of the molecule is Cc1ccc(CNC(=O)[C@@H](C)OC(=O)CNC(=O)Cc2cccc3ccccc23)cc1. The first-order valence-electron chi connectivity index (χ1n) is 10.2. The second-order valence-electron chi connectivity index (χ2n) is 7.43. The van der Waals surface area contributed by atoms with Crippen LogP contribution in [0.2, 0.25) is 0 Å². The molecule has 6 heteroatoms. The van der Waals surface area contributed by atoms with E-state index in [4.69, 9.17) is 4.74 Å². The molecule has 0 spiro atoms. The summed E-state index contributed by atoms with van der Waals surface area (Å²) in [5.74, 6) is -1.34. The van der Waals surface area contributed by atoms with Gasteiger partial charge in [0.15, 0.2) is 6.10 Å². The normalized spacial score (nSPS) is 11.5. The number of aryl methyl sites for hydroxylation is 1. The van der Waals surface area contributed by atoms with Gasteiger partial charge in [0.1, 0.15) is 6.54 Å². The van der Waals surface area contributed by atoms with Crippen molar-refractivity contribution in [1.29, 1.82) is 0 Å². The smallest absolute Gasteiger partial charge is 0.326 e. The Morgan fingerprint density at radius 3 is 2.39 bits per heavy atom. The average Bonchev–Trinajstić information content (AvgIpc) is 2.77. The standard InChI is InChI=1S/C25H26N2O4/c1-17-10-12-19(13-11-17)15-27-25(30)18(2)31-24(29)16-26-23(28)14-21-8-5-7-20-6-3-4-9-22(20)21/h3-13,18H,14-16H2,1-2H3,(H,26,28)(H,27,30)/t18-/m1/s1. The van der Waals surface area contributed by atoms with Crippen LogP contribution in [-0.4, -0.2) is 30.4 Å². The van der Waals surface area contributed by atoms with Gasteiger partial charge >= 0.3 is 5.97 Å². The maximum atomic E-state index is 12.3. The molecular weight excluding hydrogens is 392 g/mol. The van der Waals surface area contributed by atoms with Crippen molar-refractivity contribution in [2.45, 2.75) is 32.9 Å². The Morgan fingerprint density at radius 1 is 0.903 bits per heavy atom. The van der Waals surface area contributed by atoms with Gasteiger partial charge in [-0.25, -0.2) is 0 Å². The van der Waals surface area contributed by atoms with Crippen molar-refractivity contribution in [3.63, 3.8) is 0 Å². The Labute approximate surface area is 181 Å². The molecule has 3 aromatic rings. The fourth-order valence-corrected chi connectivity index (χ4v) is 3.18. The molecule has 0 unspecified atom stereocenters. The number of ether oxygens (including phenoxy) is 1. The van der Waals surface area contributed by atoms with Crippen molar-refractivity contribution >= 4 is 28.6 Å². The van der Waals surface area contributed by atoms with Gasteiger partial charge in [-0.15, -0.1) is 0 Å². The van der Waals surface area contributed by atoms with Gasteiger partial charge in [0.05, 0.1) is 6.42 Å². The number of carbonyl (C=O) groups is 3. The van der Waals surface area contributed by atoms with Crippen LogP contribution in [0.3, 0.4) is 0 Å². The molecule has 0 fully saturated rings. The van der Waals surface area contributed by atoms with Gasteiger partial charge in [0.25, 0.3) is 5.91 Å².